The highest BCUT2D eigenvalue weighted by molar-refractivity contribution is 5.69. The van der Waals surface area contributed by atoms with Crippen LogP contribution >= 0.6 is 0 Å². The maximum atomic E-state index is 12.4. The lowest BCUT2D eigenvalue weighted by Gasteiger charge is -2.27. The molecule has 1 rings (SSSR count). The van der Waals surface area contributed by atoms with E-state index in [1.54, 1.807) is 0 Å². The number of rotatable bonds is 9. The molecular weight excluding hydrogens is 631 g/mol. The molecule has 0 amide bonds. The number of unbranched alkanes of at least 4 members (excludes halogenated alkanes) is 2. The highest BCUT2D eigenvalue weighted by atomic mass is 16.5. The largest absolute Gasteiger partial charge is 0.466 e. The summed E-state index contributed by atoms with van der Waals surface area (Å²) in [5.41, 5.74) is 0. The molecule has 0 aromatic rings. The molecule has 0 aliphatic carbocycles. The number of hydrogen-bond donors (Lipinski definition) is 0. The molecule has 1 fully saturated rings. The van der Waals surface area contributed by atoms with Crippen LogP contribution in [0.25, 0.3) is 0 Å². The van der Waals surface area contributed by atoms with Crippen LogP contribution in [0.15, 0.2) is 0 Å². The van der Waals surface area contributed by atoms with Crippen molar-refractivity contribution in [1.29, 1.82) is 0 Å². The Balaban J connectivity index is 2.58. The van der Waals surface area contributed by atoms with Gasteiger partial charge in [-0.25, -0.2) is 0 Å². The minimum absolute atomic E-state index is 0.0155. The second kappa shape index (κ2) is 34.7. The molecule has 5 nitrogen and oxygen atoms in total. The Hall–Kier alpha value is -1.10. The number of ether oxygens (including phenoxy) is 2. The average molecular weight is 720 g/mol. The number of cyclic esters (lactones) is 2. The van der Waals surface area contributed by atoms with Gasteiger partial charge in [-0.2, -0.15) is 0 Å². The van der Waals surface area contributed by atoms with Crippen LogP contribution in [0.5, 0.6) is 0 Å². The Labute approximate surface area is 318 Å². The molecule has 0 bridgehead atoms. The number of hydrogen-bond acceptors (Lipinski definition) is 5. The van der Waals surface area contributed by atoms with E-state index in [-0.39, 0.29) is 11.9 Å². The van der Waals surface area contributed by atoms with Crippen LogP contribution in [0.4, 0.5) is 0 Å². The van der Waals surface area contributed by atoms with Gasteiger partial charge in [0.05, 0.1) is 13.2 Å². The van der Waals surface area contributed by atoms with Crippen LogP contribution in [0.3, 0.4) is 0 Å². The SMILES string of the molecule is CCCCC1CCCCCCC(CCCC)CCOC(=O)CCCCCCCCCC(CN(C)C(C)C)CCCCCCCCCC(=O)OCC1. The molecule has 0 saturated carbocycles. The minimum Gasteiger partial charge on any atom is -0.466 e. The van der Waals surface area contributed by atoms with E-state index in [0.29, 0.717) is 43.9 Å². The normalized spacial score (nSPS) is 24.6. The summed E-state index contributed by atoms with van der Waals surface area (Å²) in [7, 11) is 2.29. The van der Waals surface area contributed by atoms with Crippen molar-refractivity contribution < 1.29 is 19.1 Å². The molecule has 0 aromatic heterocycles. The number of carbonyl (C=O) groups excluding carboxylic acids is 2. The molecule has 5 heteroatoms. The van der Waals surface area contributed by atoms with Crippen LogP contribution in [0.1, 0.15) is 233 Å². The van der Waals surface area contributed by atoms with E-state index < -0.39 is 0 Å². The summed E-state index contributed by atoms with van der Waals surface area (Å²) in [6.07, 6.45) is 38.6. The van der Waals surface area contributed by atoms with Crippen LogP contribution in [-0.2, 0) is 19.1 Å². The van der Waals surface area contributed by atoms with Gasteiger partial charge in [-0.3, -0.25) is 9.59 Å². The maximum absolute atomic E-state index is 12.4. The lowest BCUT2D eigenvalue weighted by Crippen LogP contribution is -2.31. The molecule has 2 atom stereocenters. The molecule has 0 aromatic carbocycles. The standard InChI is InChI=1S/C46H89NO4/c1-6-8-28-42-30-22-20-21-23-31-43(29-9-7-2)37-39-51-46(49)35-27-19-15-11-13-17-25-33-44(40-47(5)41(3)4)32-24-16-12-10-14-18-26-34-45(48)50-38-36-42/h41-44H,6-40H2,1-5H3. The van der Waals surface area contributed by atoms with Crippen LogP contribution in [0, 0.1) is 17.8 Å². The Morgan fingerprint density at radius 2 is 0.843 bits per heavy atom. The quantitative estimate of drug-likeness (QED) is 0.222. The smallest absolute Gasteiger partial charge is 0.305 e. The van der Waals surface area contributed by atoms with Crippen molar-refractivity contribution in [3.8, 4) is 0 Å². The summed E-state index contributed by atoms with van der Waals surface area (Å²) in [5.74, 6) is 2.21. The fraction of sp³-hybridized carbons (Fsp3) is 0.957. The fourth-order valence-corrected chi connectivity index (χ4v) is 8.01. The lowest BCUT2D eigenvalue weighted by molar-refractivity contribution is -0.145. The van der Waals surface area contributed by atoms with Crippen LogP contribution < -0.4 is 0 Å². The van der Waals surface area contributed by atoms with Crippen molar-refractivity contribution in [3.05, 3.63) is 0 Å². The Morgan fingerprint density at radius 3 is 1.20 bits per heavy atom. The molecule has 1 saturated heterocycles. The number of esters is 2. The lowest BCUT2D eigenvalue weighted by atomic mass is 9.90. The van der Waals surface area contributed by atoms with E-state index in [1.165, 1.54) is 161 Å². The molecule has 2 unspecified atom stereocenters. The molecule has 302 valence electrons. The third kappa shape index (κ3) is 30.0. The van der Waals surface area contributed by atoms with E-state index in [1.807, 2.05) is 0 Å². The van der Waals surface area contributed by atoms with Crippen LogP contribution in [-0.4, -0.2) is 49.7 Å². The molecule has 0 spiro atoms. The first kappa shape index (κ1) is 47.9. The maximum Gasteiger partial charge on any atom is 0.305 e. The van der Waals surface area contributed by atoms with E-state index in [9.17, 15) is 9.59 Å². The first-order valence-corrected chi connectivity index (χ1v) is 22.9. The van der Waals surface area contributed by atoms with Gasteiger partial charge in [0.15, 0.2) is 0 Å². The Bertz CT molecular complexity index is 729. The predicted molar refractivity (Wildman–Crippen MR) is 219 cm³/mol. The number of nitrogens with zero attached hydrogens (tertiary/aromatic N) is 1. The van der Waals surface area contributed by atoms with Crippen molar-refractivity contribution in [1.82, 2.24) is 4.90 Å². The van der Waals surface area contributed by atoms with Gasteiger partial charge in [0.25, 0.3) is 0 Å². The first-order valence-electron chi connectivity index (χ1n) is 22.9. The summed E-state index contributed by atoms with van der Waals surface area (Å²) in [6, 6.07) is 0.608. The molecule has 1 heterocycles. The van der Waals surface area contributed by atoms with Gasteiger partial charge < -0.3 is 14.4 Å². The van der Waals surface area contributed by atoms with E-state index in [4.69, 9.17) is 9.47 Å². The zero-order chi connectivity index (χ0) is 37.2. The molecule has 51 heavy (non-hydrogen) atoms. The van der Waals surface area contributed by atoms with E-state index >= 15 is 0 Å². The van der Waals surface area contributed by atoms with Gasteiger partial charge in [-0.15, -0.1) is 0 Å². The van der Waals surface area contributed by atoms with Crippen molar-refractivity contribution in [2.75, 3.05) is 26.8 Å². The Kier molecular flexibility index (Phi) is 32.6. The molecular formula is C46H89NO4. The van der Waals surface area contributed by atoms with E-state index in [2.05, 4.69) is 39.6 Å². The van der Waals surface area contributed by atoms with Crippen molar-refractivity contribution in [3.63, 3.8) is 0 Å². The third-order valence-corrected chi connectivity index (χ3v) is 11.9. The summed E-state index contributed by atoms with van der Waals surface area (Å²) in [4.78, 5) is 27.4. The molecule has 1 aliphatic rings. The second-order valence-electron chi connectivity index (χ2n) is 17.0. The summed E-state index contributed by atoms with van der Waals surface area (Å²) < 4.78 is 11.4. The summed E-state index contributed by atoms with van der Waals surface area (Å²) in [5, 5.41) is 0. The highest BCUT2D eigenvalue weighted by Gasteiger charge is 2.15. The fourth-order valence-electron chi connectivity index (χ4n) is 8.01. The summed E-state index contributed by atoms with van der Waals surface area (Å²) in [6.45, 7) is 11.6. The van der Waals surface area contributed by atoms with Gasteiger partial charge in [-0.1, -0.05) is 168 Å². The predicted octanol–water partition coefficient (Wildman–Crippen LogP) is 13.8. The van der Waals surface area contributed by atoms with Gasteiger partial charge in [0, 0.05) is 25.4 Å². The molecule has 0 N–H and O–H groups in total. The van der Waals surface area contributed by atoms with Gasteiger partial charge in [0.2, 0.25) is 0 Å². The zero-order valence-corrected chi connectivity index (χ0v) is 35.1. The van der Waals surface area contributed by atoms with E-state index in [0.717, 1.165) is 44.4 Å². The van der Waals surface area contributed by atoms with Crippen molar-refractivity contribution >= 4 is 11.9 Å². The average Bonchev–Trinajstić information content (AvgIpc) is 3.11. The van der Waals surface area contributed by atoms with Crippen LogP contribution in [0.2, 0.25) is 0 Å². The van der Waals surface area contributed by atoms with Gasteiger partial charge in [0.1, 0.15) is 0 Å². The first-order chi connectivity index (χ1) is 24.8. The highest BCUT2D eigenvalue weighted by Crippen LogP contribution is 2.25. The third-order valence-electron chi connectivity index (χ3n) is 11.9. The van der Waals surface area contributed by atoms with Gasteiger partial charge >= 0.3 is 11.9 Å². The zero-order valence-electron chi connectivity index (χ0n) is 35.1. The van der Waals surface area contributed by atoms with Crippen molar-refractivity contribution in [2.45, 2.75) is 239 Å². The molecule has 1 aliphatic heterocycles. The Morgan fingerprint density at radius 1 is 0.510 bits per heavy atom. The van der Waals surface area contributed by atoms with Gasteiger partial charge in [-0.05, 0) is 77.2 Å². The number of carbonyl (C=O) groups is 2. The monoisotopic (exact) mass is 720 g/mol. The summed E-state index contributed by atoms with van der Waals surface area (Å²) >= 11 is 0. The molecule has 0 radical (unpaired) electrons. The van der Waals surface area contributed by atoms with Crippen molar-refractivity contribution in [2.24, 2.45) is 17.8 Å². The minimum atomic E-state index is 0.0155. The topological polar surface area (TPSA) is 55.8 Å². The second-order valence-corrected chi connectivity index (χ2v) is 17.0.